The van der Waals surface area contributed by atoms with Crippen molar-refractivity contribution in [3.8, 4) is 0 Å². The van der Waals surface area contributed by atoms with Crippen molar-refractivity contribution in [2.45, 2.75) is 33.1 Å². The number of rotatable bonds is 6. The van der Waals surface area contributed by atoms with Crippen LogP contribution in [0, 0.1) is 6.92 Å². The zero-order chi connectivity index (χ0) is 14.3. The van der Waals surface area contributed by atoms with Gasteiger partial charge in [-0.3, -0.25) is 9.59 Å². The number of unbranched alkanes of at least 4 members (excludes halogenated alkanes) is 1. The number of nitrogens with one attached hydrogen (secondary N) is 2. The summed E-state index contributed by atoms with van der Waals surface area (Å²) in [5, 5.41) is 5.96. The van der Waals surface area contributed by atoms with Crippen LogP contribution in [0.15, 0.2) is 18.2 Å². The predicted molar refractivity (Wildman–Crippen MR) is 77.4 cm³/mol. The van der Waals surface area contributed by atoms with Crippen molar-refractivity contribution in [1.29, 1.82) is 0 Å². The minimum Gasteiger partial charge on any atom is -0.347 e. The average molecular weight is 283 g/mol. The molecule has 0 aliphatic heterocycles. The van der Waals surface area contributed by atoms with E-state index in [1.807, 2.05) is 13.8 Å². The molecule has 1 rings (SSSR count). The maximum Gasteiger partial charge on any atom is 0.243 e. The Morgan fingerprint density at radius 1 is 1.26 bits per heavy atom. The maximum absolute atomic E-state index is 11.7. The van der Waals surface area contributed by atoms with Crippen molar-refractivity contribution < 1.29 is 9.59 Å². The van der Waals surface area contributed by atoms with Gasteiger partial charge in [0.25, 0.3) is 0 Å². The molecule has 0 bridgehead atoms. The molecule has 0 heterocycles. The minimum atomic E-state index is -0.240. The highest BCUT2D eigenvalue weighted by molar-refractivity contribution is 6.30. The summed E-state index contributed by atoms with van der Waals surface area (Å²) in [4.78, 5) is 23.0. The first-order chi connectivity index (χ1) is 9.02. The van der Waals surface area contributed by atoms with Gasteiger partial charge in [0.2, 0.25) is 11.8 Å². The standard InChI is InChI=1S/C14H19ClN2O2/c1-3-4-5-13(18)16-9-14(19)17-12-7-6-11(15)8-10(12)2/h6-8H,3-5,9H2,1-2H3,(H,16,18)(H,17,19). The Morgan fingerprint density at radius 3 is 2.63 bits per heavy atom. The number of halogens is 1. The topological polar surface area (TPSA) is 58.2 Å². The molecule has 4 nitrogen and oxygen atoms in total. The first-order valence-corrected chi connectivity index (χ1v) is 6.73. The highest BCUT2D eigenvalue weighted by Crippen LogP contribution is 2.19. The van der Waals surface area contributed by atoms with E-state index in [1.54, 1.807) is 18.2 Å². The van der Waals surface area contributed by atoms with Crippen molar-refractivity contribution in [1.82, 2.24) is 5.32 Å². The SMILES string of the molecule is CCCCC(=O)NCC(=O)Nc1ccc(Cl)cc1C. The van der Waals surface area contributed by atoms with Crippen LogP contribution in [0.5, 0.6) is 0 Å². The molecule has 0 spiro atoms. The highest BCUT2D eigenvalue weighted by atomic mass is 35.5. The second-order valence-electron chi connectivity index (χ2n) is 4.39. The summed E-state index contributed by atoms with van der Waals surface area (Å²) in [5.74, 6) is -0.333. The molecule has 0 aliphatic rings. The molecular formula is C14H19ClN2O2. The van der Waals surface area contributed by atoms with E-state index in [4.69, 9.17) is 11.6 Å². The lowest BCUT2D eigenvalue weighted by molar-refractivity contribution is -0.124. The van der Waals surface area contributed by atoms with E-state index in [0.717, 1.165) is 18.4 Å². The van der Waals surface area contributed by atoms with E-state index in [-0.39, 0.29) is 18.4 Å². The van der Waals surface area contributed by atoms with Crippen molar-refractivity contribution in [2.24, 2.45) is 0 Å². The summed E-state index contributed by atoms with van der Waals surface area (Å²) >= 11 is 5.83. The van der Waals surface area contributed by atoms with Crippen molar-refractivity contribution >= 4 is 29.1 Å². The second-order valence-corrected chi connectivity index (χ2v) is 4.82. The van der Waals surface area contributed by atoms with Gasteiger partial charge in [-0.05, 0) is 37.1 Å². The number of carbonyl (C=O) groups excluding carboxylic acids is 2. The molecule has 0 saturated heterocycles. The van der Waals surface area contributed by atoms with Crippen molar-refractivity contribution in [3.05, 3.63) is 28.8 Å². The van der Waals surface area contributed by atoms with Crippen molar-refractivity contribution in [2.75, 3.05) is 11.9 Å². The number of hydrogen-bond acceptors (Lipinski definition) is 2. The van der Waals surface area contributed by atoms with Crippen molar-refractivity contribution in [3.63, 3.8) is 0 Å². The Hall–Kier alpha value is -1.55. The van der Waals surface area contributed by atoms with Crippen LogP contribution in [0.4, 0.5) is 5.69 Å². The summed E-state index contributed by atoms with van der Waals surface area (Å²) in [7, 11) is 0. The van der Waals surface area contributed by atoms with Crippen LogP contribution in [0.1, 0.15) is 31.7 Å². The van der Waals surface area contributed by atoms with E-state index in [0.29, 0.717) is 17.1 Å². The van der Waals surface area contributed by atoms with Gasteiger partial charge in [-0.25, -0.2) is 0 Å². The molecule has 0 saturated carbocycles. The van der Waals surface area contributed by atoms with Gasteiger partial charge in [0.05, 0.1) is 6.54 Å². The quantitative estimate of drug-likeness (QED) is 0.843. The molecular weight excluding hydrogens is 264 g/mol. The summed E-state index contributed by atoms with van der Waals surface area (Å²) in [6.07, 6.45) is 2.26. The second kappa shape index (κ2) is 7.79. The van der Waals surface area contributed by atoms with Gasteiger partial charge in [0.1, 0.15) is 0 Å². The minimum absolute atomic E-state index is 0.00931. The number of benzene rings is 1. The Balaban J connectivity index is 2.41. The molecule has 1 aromatic rings. The van der Waals surface area contributed by atoms with Crippen LogP contribution in [-0.2, 0) is 9.59 Å². The highest BCUT2D eigenvalue weighted by Gasteiger charge is 2.07. The van der Waals surface area contributed by atoms with Crippen LogP contribution in [0.3, 0.4) is 0 Å². The van der Waals surface area contributed by atoms with E-state index >= 15 is 0 Å². The fourth-order valence-corrected chi connectivity index (χ4v) is 1.79. The first kappa shape index (κ1) is 15.5. The molecule has 2 N–H and O–H groups in total. The molecule has 0 fully saturated rings. The molecule has 0 aromatic heterocycles. The maximum atomic E-state index is 11.7. The van der Waals surface area contributed by atoms with Gasteiger partial charge in [-0.15, -0.1) is 0 Å². The Labute approximate surface area is 118 Å². The van der Waals surface area contributed by atoms with Gasteiger partial charge < -0.3 is 10.6 Å². The smallest absolute Gasteiger partial charge is 0.243 e. The summed E-state index contributed by atoms with van der Waals surface area (Å²) < 4.78 is 0. The molecule has 19 heavy (non-hydrogen) atoms. The third kappa shape index (κ3) is 5.75. The Kier molecular flexibility index (Phi) is 6.36. The summed E-state index contributed by atoms with van der Waals surface area (Å²) in [5.41, 5.74) is 1.59. The molecule has 5 heteroatoms. The number of amides is 2. The summed E-state index contributed by atoms with van der Waals surface area (Å²) in [6.45, 7) is 3.87. The summed E-state index contributed by atoms with van der Waals surface area (Å²) in [6, 6.07) is 5.23. The van der Waals surface area contributed by atoms with Gasteiger partial charge in [0, 0.05) is 17.1 Å². The lowest BCUT2D eigenvalue weighted by atomic mass is 10.2. The van der Waals surface area contributed by atoms with E-state index in [1.165, 1.54) is 0 Å². The van der Waals surface area contributed by atoms with Gasteiger partial charge in [-0.1, -0.05) is 24.9 Å². The van der Waals surface area contributed by atoms with E-state index in [2.05, 4.69) is 10.6 Å². The third-order valence-electron chi connectivity index (χ3n) is 2.67. The number of hydrogen-bond donors (Lipinski definition) is 2. The van der Waals surface area contributed by atoms with Crippen LogP contribution < -0.4 is 10.6 Å². The first-order valence-electron chi connectivity index (χ1n) is 6.35. The lowest BCUT2D eigenvalue weighted by Crippen LogP contribution is -2.32. The fourth-order valence-electron chi connectivity index (χ4n) is 1.57. The zero-order valence-corrected chi connectivity index (χ0v) is 12.0. The number of anilines is 1. The number of aryl methyl sites for hydroxylation is 1. The molecule has 1 aromatic carbocycles. The molecule has 0 aliphatic carbocycles. The lowest BCUT2D eigenvalue weighted by Gasteiger charge is -2.09. The van der Waals surface area contributed by atoms with E-state index in [9.17, 15) is 9.59 Å². The van der Waals surface area contributed by atoms with Gasteiger partial charge >= 0.3 is 0 Å². The molecule has 0 unspecified atom stereocenters. The van der Waals surface area contributed by atoms with E-state index < -0.39 is 0 Å². The average Bonchev–Trinajstić information content (AvgIpc) is 2.37. The Morgan fingerprint density at radius 2 is 2.00 bits per heavy atom. The largest absolute Gasteiger partial charge is 0.347 e. The third-order valence-corrected chi connectivity index (χ3v) is 2.90. The monoisotopic (exact) mass is 282 g/mol. The van der Waals surface area contributed by atoms with Crippen LogP contribution in [-0.4, -0.2) is 18.4 Å². The van der Waals surface area contributed by atoms with Gasteiger partial charge in [-0.2, -0.15) is 0 Å². The normalized spacial score (nSPS) is 10.1. The molecule has 104 valence electrons. The zero-order valence-electron chi connectivity index (χ0n) is 11.3. The number of carbonyl (C=O) groups is 2. The molecule has 0 radical (unpaired) electrons. The van der Waals surface area contributed by atoms with Crippen LogP contribution in [0.2, 0.25) is 5.02 Å². The van der Waals surface area contributed by atoms with Crippen LogP contribution >= 0.6 is 11.6 Å². The molecule has 2 amide bonds. The van der Waals surface area contributed by atoms with Gasteiger partial charge in [0.15, 0.2) is 0 Å². The fraction of sp³-hybridized carbons (Fsp3) is 0.429. The Bertz CT molecular complexity index is 461. The van der Waals surface area contributed by atoms with Crippen LogP contribution in [0.25, 0.3) is 0 Å². The predicted octanol–water partition coefficient (Wildman–Crippen LogP) is 2.89. The molecule has 0 atom stereocenters.